The molecule has 2 heterocycles. The predicted octanol–water partition coefficient (Wildman–Crippen LogP) is 2.85. The molecule has 24 heavy (non-hydrogen) atoms. The van der Waals surface area contributed by atoms with Gasteiger partial charge in [-0.05, 0) is 46.2 Å². The van der Waals surface area contributed by atoms with E-state index in [-0.39, 0.29) is 18.6 Å². The van der Waals surface area contributed by atoms with Crippen LogP contribution in [-0.4, -0.2) is 22.8 Å². The Hall–Kier alpha value is -2.28. The minimum absolute atomic E-state index is 0.0316. The maximum absolute atomic E-state index is 12.2. The van der Waals surface area contributed by atoms with Gasteiger partial charge in [0.15, 0.2) is 0 Å². The Morgan fingerprint density at radius 3 is 2.58 bits per heavy atom. The lowest BCUT2D eigenvalue weighted by molar-refractivity contribution is 0.0359. The van der Waals surface area contributed by atoms with E-state index in [0.717, 1.165) is 11.3 Å². The Kier molecular flexibility index (Phi) is 5.33. The zero-order valence-corrected chi connectivity index (χ0v) is 14.8. The number of hydrogen-bond donors (Lipinski definition) is 3. The number of nitrogens with one attached hydrogen (secondary N) is 2. The first-order valence-electron chi connectivity index (χ1n) is 8.01. The van der Waals surface area contributed by atoms with Crippen LogP contribution in [0.2, 0.25) is 0 Å². The first-order chi connectivity index (χ1) is 11.2. The summed E-state index contributed by atoms with van der Waals surface area (Å²) in [7, 11) is 0. The molecular weight excluding hydrogens is 310 g/mol. The lowest BCUT2D eigenvalue weighted by Gasteiger charge is -2.23. The molecule has 2 atom stereocenters. The minimum Gasteiger partial charge on any atom is -0.463 e. The number of amides is 2. The Morgan fingerprint density at radius 1 is 1.38 bits per heavy atom. The average Bonchev–Trinajstić information content (AvgIpc) is 3.10. The lowest BCUT2D eigenvalue weighted by atomic mass is 10.0. The quantitative estimate of drug-likeness (QED) is 0.753. The van der Waals surface area contributed by atoms with Crippen LogP contribution in [0.5, 0.6) is 0 Å². The molecular formula is C17H25N3O4. The van der Waals surface area contributed by atoms with E-state index in [1.54, 1.807) is 26.0 Å². The number of carbonyl (C=O) groups excluding carboxylic acids is 1. The Labute approximate surface area is 141 Å². The predicted molar refractivity (Wildman–Crippen MR) is 88.6 cm³/mol. The van der Waals surface area contributed by atoms with Crippen LogP contribution in [0, 0.1) is 20.8 Å². The van der Waals surface area contributed by atoms with Gasteiger partial charge in [0.1, 0.15) is 22.9 Å². The number of aliphatic hydroxyl groups is 1. The molecule has 0 aromatic carbocycles. The number of aryl methyl sites for hydroxylation is 3. The summed E-state index contributed by atoms with van der Waals surface area (Å²) >= 11 is 0. The highest BCUT2D eigenvalue weighted by molar-refractivity contribution is 5.74. The van der Waals surface area contributed by atoms with E-state index >= 15 is 0 Å². The second-order valence-electron chi connectivity index (χ2n) is 6.21. The van der Waals surface area contributed by atoms with Crippen molar-refractivity contribution in [2.75, 3.05) is 6.54 Å². The van der Waals surface area contributed by atoms with Gasteiger partial charge in [0.25, 0.3) is 0 Å². The molecule has 2 aromatic rings. The normalized spacial score (nSPS) is 14.9. The molecule has 0 spiro atoms. The maximum atomic E-state index is 12.2. The third kappa shape index (κ3) is 3.97. The van der Waals surface area contributed by atoms with E-state index in [2.05, 4.69) is 15.8 Å². The van der Waals surface area contributed by atoms with Gasteiger partial charge in [-0.2, -0.15) is 0 Å². The molecule has 2 rings (SSSR count). The molecule has 2 unspecified atom stereocenters. The zero-order valence-electron chi connectivity index (χ0n) is 14.8. The van der Waals surface area contributed by atoms with Gasteiger partial charge in [-0.3, -0.25) is 0 Å². The molecule has 2 aromatic heterocycles. The van der Waals surface area contributed by atoms with Gasteiger partial charge < -0.3 is 24.7 Å². The summed E-state index contributed by atoms with van der Waals surface area (Å²) in [6.07, 6.45) is 0.698. The van der Waals surface area contributed by atoms with Crippen LogP contribution in [0.3, 0.4) is 0 Å². The number of carbonyl (C=O) groups is 1. The molecule has 0 saturated carbocycles. The van der Waals surface area contributed by atoms with Crippen molar-refractivity contribution >= 4 is 6.03 Å². The Morgan fingerprint density at radius 2 is 2.08 bits per heavy atom. The summed E-state index contributed by atoms with van der Waals surface area (Å²) in [6.45, 7) is 9.06. The number of nitrogens with zero attached hydrogens (tertiary/aromatic N) is 1. The van der Waals surface area contributed by atoms with E-state index in [0.29, 0.717) is 23.7 Å². The van der Waals surface area contributed by atoms with Crippen LogP contribution < -0.4 is 10.6 Å². The number of furan rings is 1. The van der Waals surface area contributed by atoms with Crippen molar-refractivity contribution in [3.63, 3.8) is 0 Å². The van der Waals surface area contributed by atoms with Crippen LogP contribution >= 0.6 is 0 Å². The fraction of sp³-hybridized carbons (Fsp3) is 0.529. The largest absolute Gasteiger partial charge is 0.463 e. The molecule has 0 radical (unpaired) electrons. The molecule has 0 aliphatic rings. The number of aromatic nitrogens is 1. The van der Waals surface area contributed by atoms with E-state index < -0.39 is 5.60 Å². The van der Waals surface area contributed by atoms with Crippen LogP contribution in [0.1, 0.15) is 54.8 Å². The third-order valence-electron chi connectivity index (χ3n) is 4.01. The standard InChI is InChI=1S/C17H25N3O4/c1-6-13(15-11(3)20-24-12(15)4)19-16(21)18-9-17(5,22)14-8-7-10(2)23-14/h7-8,13,22H,6,9H2,1-5H3,(H2,18,19,21). The molecule has 0 aliphatic carbocycles. The highest BCUT2D eigenvalue weighted by atomic mass is 16.5. The molecule has 7 nitrogen and oxygen atoms in total. The van der Waals surface area contributed by atoms with Gasteiger partial charge in [-0.15, -0.1) is 0 Å². The smallest absolute Gasteiger partial charge is 0.315 e. The second kappa shape index (κ2) is 7.09. The summed E-state index contributed by atoms with van der Waals surface area (Å²) in [6, 6.07) is 2.90. The number of hydrogen-bond acceptors (Lipinski definition) is 5. The molecule has 0 bridgehead atoms. The van der Waals surface area contributed by atoms with E-state index in [4.69, 9.17) is 8.94 Å². The van der Waals surface area contributed by atoms with Crippen molar-refractivity contribution in [1.82, 2.24) is 15.8 Å². The first kappa shape index (κ1) is 18.1. The van der Waals surface area contributed by atoms with Crippen molar-refractivity contribution in [1.29, 1.82) is 0 Å². The number of rotatable bonds is 6. The number of urea groups is 1. The van der Waals surface area contributed by atoms with Crippen LogP contribution in [0.25, 0.3) is 0 Å². The lowest BCUT2D eigenvalue weighted by Crippen LogP contribution is -2.44. The van der Waals surface area contributed by atoms with Gasteiger partial charge in [0.05, 0.1) is 18.3 Å². The maximum Gasteiger partial charge on any atom is 0.315 e. The summed E-state index contributed by atoms with van der Waals surface area (Å²) < 4.78 is 10.6. The minimum atomic E-state index is -1.28. The SMILES string of the molecule is CCC(NC(=O)NCC(C)(O)c1ccc(C)o1)c1c(C)noc1C. The molecule has 2 amide bonds. The summed E-state index contributed by atoms with van der Waals surface area (Å²) in [5, 5.41) is 19.9. The van der Waals surface area contributed by atoms with Gasteiger partial charge in [-0.25, -0.2) is 4.79 Å². The van der Waals surface area contributed by atoms with Crippen molar-refractivity contribution in [3.05, 3.63) is 40.7 Å². The molecule has 0 saturated heterocycles. The van der Waals surface area contributed by atoms with Gasteiger partial charge >= 0.3 is 6.03 Å². The van der Waals surface area contributed by atoms with Crippen molar-refractivity contribution in [3.8, 4) is 0 Å². The molecule has 7 heteroatoms. The van der Waals surface area contributed by atoms with Gasteiger partial charge in [0, 0.05) is 5.56 Å². The van der Waals surface area contributed by atoms with E-state index in [9.17, 15) is 9.90 Å². The summed E-state index contributed by atoms with van der Waals surface area (Å²) in [5.41, 5.74) is 0.370. The van der Waals surface area contributed by atoms with Crippen LogP contribution in [0.15, 0.2) is 21.1 Å². The monoisotopic (exact) mass is 335 g/mol. The Bertz CT molecular complexity index is 683. The molecule has 0 aliphatic heterocycles. The van der Waals surface area contributed by atoms with Gasteiger partial charge in [0.2, 0.25) is 0 Å². The Balaban J connectivity index is 1.97. The van der Waals surface area contributed by atoms with E-state index in [1.807, 2.05) is 20.8 Å². The fourth-order valence-corrected chi connectivity index (χ4v) is 2.64. The summed E-state index contributed by atoms with van der Waals surface area (Å²) in [5.74, 6) is 1.81. The third-order valence-corrected chi connectivity index (χ3v) is 4.01. The molecule has 3 N–H and O–H groups in total. The highest BCUT2D eigenvalue weighted by Gasteiger charge is 2.28. The van der Waals surface area contributed by atoms with Crippen molar-refractivity contribution in [2.24, 2.45) is 0 Å². The van der Waals surface area contributed by atoms with E-state index in [1.165, 1.54) is 0 Å². The van der Waals surface area contributed by atoms with Crippen LogP contribution in [-0.2, 0) is 5.60 Å². The first-order valence-corrected chi connectivity index (χ1v) is 8.01. The van der Waals surface area contributed by atoms with Crippen molar-refractivity contribution < 1.29 is 18.8 Å². The second-order valence-corrected chi connectivity index (χ2v) is 6.21. The zero-order chi connectivity index (χ0) is 17.9. The molecule has 0 fully saturated rings. The fourth-order valence-electron chi connectivity index (χ4n) is 2.64. The van der Waals surface area contributed by atoms with Crippen LogP contribution in [0.4, 0.5) is 4.79 Å². The average molecular weight is 335 g/mol. The highest BCUT2D eigenvalue weighted by Crippen LogP contribution is 2.24. The summed E-state index contributed by atoms with van der Waals surface area (Å²) in [4.78, 5) is 12.2. The topological polar surface area (TPSA) is 101 Å². The van der Waals surface area contributed by atoms with Crippen molar-refractivity contribution in [2.45, 2.75) is 52.7 Å². The molecule has 132 valence electrons. The van der Waals surface area contributed by atoms with Gasteiger partial charge in [-0.1, -0.05) is 12.1 Å².